The van der Waals surface area contributed by atoms with Crippen LogP contribution in [0.3, 0.4) is 0 Å². The van der Waals surface area contributed by atoms with Crippen LogP contribution in [0.5, 0.6) is 11.5 Å². The predicted molar refractivity (Wildman–Crippen MR) is 90.7 cm³/mol. The zero-order valence-corrected chi connectivity index (χ0v) is 14.8. The van der Waals surface area contributed by atoms with Crippen LogP contribution in [0.2, 0.25) is 5.02 Å². The zero-order chi connectivity index (χ0) is 14.7. The minimum absolute atomic E-state index is 0.0662. The Labute approximate surface area is 140 Å². The van der Waals surface area contributed by atoms with E-state index in [4.69, 9.17) is 22.1 Å². The Morgan fingerprint density at radius 2 is 1.70 bits per heavy atom. The Morgan fingerprint density at radius 1 is 1.10 bits per heavy atom. The van der Waals surface area contributed by atoms with Gasteiger partial charge in [0.1, 0.15) is 11.5 Å². The molecule has 0 saturated heterocycles. The van der Waals surface area contributed by atoms with Crippen molar-refractivity contribution in [2.24, 2.45) is 5.73 Å². The number of hydrogen-bond donors (Lipinski definition) is 1. The molecule has 0 aliphatic heterocycles. The van der Waals surface area contributed by atoms with Crippen LogP contribution in [-0.2, 0) is 6.42 Å². The molecule has 0 aliphatic carbocycles. The van der Waals surface area contributed by atoms with Crippen molar-refractivity contribution in [3.63, 3.8) is 0 Å². The molecular weight excluding hydrogens is 405 g/mol. The molecule has 0 bridgehead atoms. The lowest BCUT2D eigenvalue weighted by molar-refractivity contribution is 0.473. The van der Waals surface area contributed by atoms with Gasteiger partial charge in [0.15, 0.2) is 0 Å². The van der Waals surface area contributed by atoms with Gasteiger partial charge in [0.2, 0.25) is 0 Å². The van der Waals surface area contributed by atoms with Gasteiger partial charge >= 0.3 is 0 Å². The summed E-state index contributed by atoms with van der Waals surface area (Å²) >= 11 is 13.0. The Hall–Kier alpha value is -0.550. The van der Waals surface area contributed by atoms with Gasteiger partial charge in [-0.15, -0.1) is 0 Å². The maximum atomic E-state index is 6.16. The largest absolute Gasteiger partial charge is 0.455 e. The van der Waals surface area contributed by atoms with E-state index in [9.17, 15) is 0 Å². The van der Waals surface area contributed by atoms with Gasteiger partial charge in [-0.1, -0.05) is 49.5 Å². The van der Waals surface area contributed by atoms with Gasteiger partial charge in [0.25, 0.3) is 0 Å². The highest BCUT2D eigenvalue weighted by molar-refractivity contribution is 9.10. The lowest BCUT2D eigenvalue weighted by Gasteiger charge is -2.14. The van der Waals surface area contributed by atoms with Crippen molar-refractivity contribution in [3.05, 3.63) is 55.9 Å². The van der Waals surface area contributed by atoms with Gasteiger partial charge in [-0.05, 0) is 49.2 Å². The molecule has 2 N–H and O–H groups in total. The SMILES string of the molecule is CC(N)Cc1ccc(Br)cc1Oc1cc(Br)ccc1Cl. The number of hydrogen-bond acceptors (Lipinski definition) is 2. The van der Waals surface area contributed by atoms with Gasteiger partial charge in [0, 0.05) is 15.0 Å². The summed E-state index contributed by atoms with van der Waals surface area (Å²) in [7, 11) is 0. The molecule has 1 unspecified atom stereocenters. The van der Waals surface area contributed by atoms with Gasteiger partial charge in [0.05, 0.1) is 5.02 Å². The van der Waals surface area contributed by atoms with Gasteiger partial charge in [-0.3, -0.25) is 0 Å². The van der Waals surface area contributed by atoms with E-state index in [2.05, 4.69) is 31.9 Å². The van der Waals surface area contributed by atoms with Crippen molar-refractivity contribution in [1.82, 2.24) is 0 Å². The predicted octanol–water partition coefficient (Wildman–Crippen LogP) is 5.55. The minimum Gasteiger partial charge on any atom is -0.455 e. The summed E-state index contributed by atoms with van der Waals surface area (Å²) in [5.41, 5.74) is 6.93. The number of ether oxygens (including phenoxy) is 1. The van der Waals surface area contributed by atoms with Gasteiger partial charge in [-0.25, -0.2) is 0 Å². The van der Waals surface area contributed by atoms with Crippen molar-refractivity contribution in [2.75, 3.05) is 0 Å². The topological polar surface area (TPSA) is 35.2 Å². The number of nitrogens with two attached hydrogens (primary N) is 1. The van der Waals surface area contributed by atoms with E-state index in [0.717, 1.165) is 26.7 Å². The van der Waals surface area contributed by atoms with E-state index in [-0.39, 0.29) is 6.04 Å². The second-order valence-electron chi connectivity index (χ2n) is 4.61. The maximum absolute atomic E-state index is 6.16. The molecule has 0 fully saturated rings. The molecule has 0 aromatic heterocycles. The Balaban J connectivity index is 2.36. The molecule has 0 amide bonds. The van der Waals surface area contributed by atoms with Crippen LogP contribution >= 0.6 is 43.5 Å². The first-order valence-corrected chi connectivity index (χ1v) is 8.09. The number of halogens is 3. The molecule has 0 saturated carbocycles. The smallest absolute Gasteiger partial charge is 0.147 e. The third-order valence-electron chi connectivity index (χ3n) is 2.68. The molecule has 2 nitrogen and oxygen atoms in total. The van der Waals surface area contributed by atoms with E-state index in [0.29, 0.717) is 10.8 Å². The van der Waals surface area contributed by atoms with Crippen LogP contribution < -0.4 is 10.5 Å². The standard InChI is InChI=1S/C15H14Br2ClNO/c1-9(19)6-10-2-3-11(16)7-14(10)20-15-8-12(17)4-5-13(15)18/h2-5,7-9H,6,19H2,1H3. The normalized spacial score (nSPS) is 12.2. The van der Waals surface area contributed by atoms with E-state index in [1.54, 1.807) is 6.07 Å². The van der Waals surface area contributed by atoms with E-state index >= 15 is 0 Å². The third-order valence-corrected chi connectivity index (χ3v) is 3.98. The lowest BCUT2D eigenvalue weighted by atomic mass is 10.1. The molecule has 2 rings (SSSR count). The molecule has 0 radical (unpaired) electrons. The van der Waals surface area contributed by atoms with Crippen LogP contribution in [0.1, 0.15) is 12.5 Å². The quantitative estimate of drug-likeness (QED) is 0.705. The van der Waals surface area contributed by atoms with Crippen LogP contribution in [0, 0.1) is 0 Å². The second-order valence-corrected chi connectivity index (χ2v) is 6.85. The summed E-state index contributed by atoms with van der Waals surface area (Å²) in [5.74, 6) is 1.38. The van der Waals surface area contributed by atoms with Gasteiger partial charge < -0.3 is 10.5 Å². The molecule has 0 spiro atoms. The first-order chi connectivity index (χ1) is 9.45. The van der Waals surface area contributed by atoms with Crippen molar-refractivity contribution >= 4 is 43.5 Å². The first kappa shape index (κ1) is 15.8. The van der Waals surface area contributed by atoms with Gasteiger partial charge in [-0.2, -0.15) is 0 Å². The summed E-state index contributed by atoms with van der Waals surface area (Å²) < 4.78 is 7.82. The zero-order valence-electron chi connectivity index (χ0n) is 10.9. The summed E-state index contributed by atoms with van der Waals surface area (Å²) in [6.07, 6.45) is 0.744. The van der Waals surface area contributed by atoms with E-state index in [1.807, 2.05) is 37.3 Å². The fourth-order valence-electron chi connectivity index (χ4n) is 1.81. The molecule has 5 heteroatoms. The van der Waals surface area contributed by atoms with Crippen LogP contribution in [0.4, 0.5) is 0 Å². The lowest BCUT2D eigenvalue weighted by Crippen LogP contribution is -2.18. The summed E-state index contributed by atoms with van der Waals surface area (Å²) in [4.78, 5) is 0. The van der Waals surface area contributed by atoms with Crippen LogP contribution in [-0.4, -0.2) is 6.04 Å². The highest BCUT2D eigenvalue weighted by Gasteiger charge is 2.10. The Kier molecular flexibility index (Phi) is 5.49. The maximum Gasteiger partial charge on any atom is 0.147 e. The minimum atomic E-state index is 0.0662. The summed E-state index contributed by atoms with van der Waals surface area (Å²) in [6, 6.07) is 11.5. The highest BCUT2D eigenvalue weighted by atomic mass is 79.9. The molecule has 0 heterocycles. The molecule has 106 valence electrons. The number of rotatable bonds is 4. The van der Waals surface area contributed by atoms with Crippen molar-refractivity contribution in [2.45, 2.75) is 19.4 Å². The fourth-order valence-corrected chi connectivity index (χ4v) is 2.65. The average Bonchev–Trinajstić information content (AvgIpc) is 2.37. The van der Waals surface area contributed by atoms with Crippen molar-refractivity contribution in [1.29, 1.82) is 0 Å². The molecule has 2 aromatic carbocycles. The molecule has 1 atom stereocenters. The Bertz CT molecular complexity index is 617. The Morgan fingerprint density at radius 3 is 2.35 bits per heavy atom. The summed E-state index contributed by atoms with van der Waals surface area (Å²) in [5, 5.41) is 0.569. The second kappa shape index (κ2) is 6.94. The molecule has 0 aliphatic rings. The average molecular weight is 420 g/mol. The van der Waals surface area contributed by atoms with Crippen LogP contribution in [0.25, 0.3) is 0 Å². The van der Waals surface area contributed by atoms with E-state index < -0.39 is 0 Å². The third kappa shape index (κ3) is 4.22. The van der Waals surface area contributed by atoms with Crippen molar-refractivity contribution < 1.29 is 4.74 Å². The monoisotopic (exact) mass is 417 g/mol. The molecule has 20 heavy (non-hydrogen) atoms. The van der Waals surface area contributed by atoms with Crippen LogP contribution in [0.15, 0.2) is 45.3 Å². The van der Waals surface area contributed by atoms with E-state index in [1.165, 1.54) is 0 Å². The highest BCUT2D eigenvalue weighted by Crippen LogP contribution is 2.35. The summed E-state index contributed by atoms with van der Waals surface area (Å²) in [6.45, 7) is 1.97. The van der Waals surface area contributed by atoms with Crippen molar-refractivity contribution in [3.8, 4) is 11.5 Å². The fraction of sp³-hybridized carbons (Fsp3) is 0.200. The first-order valence-electron chi connectivity index (χ1n) is 6.12. The molecule has 2 aromatic rings. The number of benzene rings is 2. The molecular formula is C15H14Br2ClNO.